The molecule has 2 unspecified atom stereocenters. The average molecular weight is 271 g/mol. The molecular formula is C12H21N3O4+2. The Kier molecular flexibility index (Phi) is 3.92. The first-order valence-electron chi connectivity index (χ1n) is 6.22. The van der Waals surface area contributed by atoms with E-state index in [1.807, 2.05) is 13.8 Å². The van der Waals surface area contributed by atoms with Crippen LogP contribution in [0.1, 0.15) is 20.3 Å². The minimum Gasteiger partial charge on any atom is -0.258 e. The molecule has 7 nitrogen and oxygen atoms in total. The summed E-state index contributed by atoms with van der Waals surface area (Å²) in [5.74, 6) is -0.600. The van der Waals surface area contributed by atoms with Crippen LogP contribution in [0.2, 0.25) is 0 Å². The second kappa shape index (κ2) is 4.82. The number of hydrogen-bond donors (Lipinski definition) is 0. The van der Waals surface area contributed by atoms with Crippen LogP contribution in [-0.4, -0.2) is 53.5 Å². The Morgan fingerprint density at radius 1 is 1.32 bits per heavy atom. The van der Waals surface area contributed by atoms with Gasteiger partial charge < -0.3 is 0 Å². The van der Waals surface area contributed by atoms with Crippen LogP contribution in [0.3, 0.4) is 0 Å². The van der Waals surface area contributed by atoms with Crippen LogP contribution >= 0.6 is 0 Å². The maximum Gasteiger partial charge on any atom is 0.526 e. The smallest absolute Gasteiger partial charge is 0.258 e. The highest BCUT2D eigenvalue weighted by atomic mass is 16.6. The van der Waals surface area contributed by atoms with E-state index in [1.54, 1.807) is 14.1 Å². The van der Waals surface area contributed by atoms with E-state index in [9.17, 15) is 19.7 Å². The molecule has 0 aliphatic carbocycles. The quantitative estimate of drug-likeness (QED) is 0.439. The van der Waals surface area contributed by atoms with E-state index >= 15 is 0 Å². The number of carbonyl (C=O) groups is 2. The van der Waals surface area contributed by atoms with Gasteiger partial charge in [0.05, 0.1) is 26.1 Å². The average Bonchev–Trinajstić information content (AvgIpc) is 2.31. The molecule has 0 aromatic heterocycles. The number of amides is 3. The van der Waals surface area contributed by atoms with Gasteiger partial charge in [-0.25, -0.2) is 4.79 Å². The van der Waals surface area contributed by atoms with Crippen LogP contribution in [-0.2, 0) is 4.79 Å². The summed E-state index contributed by atoms with van der Waals surface area (Å²) >= 11 is 0. The summed E-state index contributed by atoms with van der Waals surface area (Å²) in [5.41, 5.74) is -0.504. The summed E-state index contributed by atoms with van der Waals surface area (Å²) in [4.78, 5) is 35.0. The van der Waals surface area contributed by atoms with Crippen molar-refractivity contribution in [2.45, 2.75) is 20.3 Å². The number of nitrogens with zero attached hydrogens (tertiary/aromatic N) is 3. The zero-order valence-corrected chi connectivity index (χ0v) is 12.0. The standard InChI is InChI=1S/C12H21N3O4/c1-6-9(2)7-15(5)11(16)10(13(18)19)8-14(3,4)12(15)17/h8-9H,6-7H2,1-5H3/q+2. The zero-order chi connectivity index (χ0) is 15.0. The lowest BCUT2D eigenvalue weighted by molar-refractivity contribution is -0.893. The summed E-state index contributed by atoms with van der Waals surface area (Å²) in [6.45, 7) is 4.16. The molecule has 0 aromatic carbocycles. The van der Waals surface area contributed by atoms with E-state index < -0.39 is 21.0 Å². The molecule has 0 radical (unpaired) electrons. The fourth-order valence-corrected chi connectivity index (χ4v) is 2.36. The van der Waals surface area contributed by atoms with Crippen LogP contribution in [0.25, 0.3) is 0 Å². The summed E-state index contributed by atoms with van der Waals surface area (Å²) < 4.78 is -0.843. The molecule has 1 aliphatic rings. The normalized spacial score (nSPS) is 27.9. The number of quaternary nitrogens is 2. The second-order valence-electron chi connectivity index (χ2n) is 5.79. The van der Waals surface area contributed by atoms with Crippen molar-refractivity contribution in [3.8, 4) is 0 Å². The fraction of sp³-hybridized carbons (Fsp3) is 0.667. The van der Waals surface area contributed by atoms with Crippen LogP contribution < -0.4 is 0 Å². The highest BCUT2D eigenvalue weighted by molar-refractivity contribution is 5.93. The number of imide groups is 1. The fourth-order valence-electron chi connectivity index (χ4n) is 2.36. The number of nitro groups is 1. The Morgan fingerprint density at radius 3 is 2.26 bits per heavy atom. The van der Waals surface area contributed by atoms with Gasteiger partial charge in [-0.05, 0) is 6.42 Å². The minimum absolute atomic E-state index is 0.129. The lowest BCUT2D eigenvalue weighted by Crippen LogP contribution is -2.67. The van der Waals surface area contributed by atoms with Gasteiger partial charge in [0.2, 0.25) is 0 Å². The van der Waals surface area contributed by atoms with Crippen LogP contribution in [0.5, 0.6) is 0 Å². The molecule has 3 amide bonds. The Bertz CT molecular complexity index is 470. The molecule has 0 bridgehead atoms. The molecule has 0 saturated carbocycles. The summed E-state index contributed by atoms with van der Waals surface area (Å²) in [5, 5.41) is 11.0. The lowest BCUT2D eigenvalue weighted by Gasteiger charge is -2.35. The van der Waals surface area contributed by atoms with E-state index in [1.165, 1.54) is 7.05 Å². The molecule has 0 aromatic rings. The van der Waals surface area contributed by atoms with Crippen molar-refractivity contribution in [2.75, 3.05) is 27.7 Å². The van der Waals surface area contributed by atoms with E-state index in [-0.39, 0.29) is 23.0 Å². The van der Waals surface area contributed by atoms with E-state index in [0.717, 1.165) is 12.6 Å². The maximum absolute atomic E-state index is 12.5. The number of hydrogen-bond acceptors (Lipinski definition) is 4. The molecule has 2 atom stereocenters. The molecule has 1 aliphatic heterocycles. The predicted octanol–water partition coefficient (Wildman–Crippen LogP) is 1.33. The molecule has 106 valence electrons. The lowest BCUT2D eigenvalue weighted by atomic mass is 10.1. The van der Waals surface area contributed by atoms with Crippen molar-refractivity contribution in [2.24, 2.45) is 5.92 Å². The van der Waals surface area contributed by atoms with Gasteiger partial charge in [0.25, 0.3) is 0 Å². The first kappa shape index (κ1) is 15.5. The van der Waals surface area contributed by atoms with E-state index in [0.29, 0.717) is 0 Å². The largest absolute Gasteiger partial charge is 0.526 e. The Balaban J connectivity index is 3.33. The Morgan fingerprint density at radius 2 is 1.84 bits per heavy atom. The summed E-state index contributed by atoms with van der Waals surface area (Å²) in [6.07, 6.45) is 1.92. The van der Waals surface area contributed by atoms with Gasteiger partial charge in [0.15, 0.2) is 6.20 Å². The van der Waals surface area contributed by atoms with Crippen molar-refractivity contribution in [1.82, 2.24) is 0 Å². The third-order valence-electron chi connectivity index (χ3n) is 3.60. The molecule has 1 heterocycles. The van der Waals surface area contributed by atoms with Crippen LogP contribution in [0.4, 0.5) is 4.79 Å². The Labute approximate surface area is 112 Å². The number of urea groups is 1. The number of carbonyl (C=O) groups excluding carboxylic acids is 2. The topological polar surface area (TPSA) is 77.3 Å². The number of likely N-dealkylation sites (N-methyl/N-ethyl adjacent to an activating group) is 1. The minimum atomic E-state index is -0.729. The van der Waals surface area contributed by atoms with Gasteiger partial charge in [-0.2, -0.15) is 9.28 Å². The molecule has 0 saturated heterocycles. The highest BCUT2D eigenvalue weighted by Crippen LogP contribution is 2.27. The van der Waals surface area contributed by atoms with E-state index in [2.05, 4.69) is 0 Å². The van der Waals surface area contributed by atoms with Gasteiger partial charge in [0, 0.05) is 5.92 Å². The molecule has 0 N–H and O–H groups in total. The SMILES string of the molecule is CCC(C)C[N+]1(C)C(=O)C([N+](=O)[O-])=C[N+](C)(C)C1=O. The summed E-state index contributed by atoms with van der Waals surface area (Å²) in [7, 11) is 4.56. The Hall–Kier alpha value is -1.60. The van der Waals surface area contributed by atoms with Gasteiger partial charge in [-0.15, -0.1) is 4.48 Å². The molecule has 0 spiro atoms. The van der Waals surface area contributed by atoms with Gasteiger partial charge >= 0.3 is 17.6 Å². The van der Waals surface area contributed by atoms with Gasteiger partial charge in [0.1, 0.15) is 6.54 Å². The van der Waals surface area contributed by atoms with Crippen molar-refractivity contribution >= 4 is 11.9 Å². The molecule has 1 rings (SSSR count). The second-order valence-corrected chi connectivity index (χ2v) is 5.79. The third kappa shape index (κ3) is 2.57. The third-order valence-corrected chi connectivity index (χ3v) is 3.60. The molecule has 7 heteroatoms. The molecular weight excluding hydrogens is 250 g/mol. The predicted molar refractivity (Wildman–Crippen MR) is 68.1 cm³/mol. The van der Waals surface area contributed by atoms with Crippen LogP contribution in [0.15, 0.2) is 11.9 Å². The van der Waals surface area contributed by atoms with Crippen molar-refractivity contribution in [3.63, 3.8) is 0 Å². The van der Waals surface area contributed by atoms with Crippen molar-refractivity contribution in [3.05, 3.63) is 22.0 Å². The van der Waals surface area contributed by atoms with Crippen molar-refractivity contribution in [1.29, 1.82) is 0 Å². The van der Waals surface area contributed by atoms with Crippen molar-refractivity contribution < 1.29 is 23.5 Å². The first-order chi connectivity index (χ1) is 8.56. The van der Waals surface area contributed by atoms with Gasteiger partial charge in [-0.1, -0.05) is 13.8 Å². The first-order valence-corrected chi connectivity index (χ1v) is 6.22. The van der Waals surface area contributed by atoms with Gasteiger partial charge in [-0.3, -0.25) is 10.1 Å². The molecule has 19 heavy (non-hydrogen) atoms. The maximum atomic E-state index is 12.5. The number of rotatable bonds is 4. The molecule has 0 fully saturated rings. The zero-order valence-electron chi connectivity index (χ0n) is 12.0. The monoisotopic (exact) mass is 271 g/mol. The highest BCUT2D eigenvalue weighted by Gasteiger charge is 2.60. The summed E-state index contributed by atoms with van der Waals surface area (Å²) in [6, 6.07) is -0.351. The van der Waals surface area contributed by atoms with Crippen LogP contribution in [0, 0.1) is 16.0 Å². The van der Waals surface area contributed by atoms with E-state index in [4.69, 9.17) is 0 Å².